The van der Waals surface area contributed by atoms with Crippen molar-refractivity contribution in [3.63, 3.8) is 0 Å². The number of fused-ring (bicyclic) bond motifs is 3. The fourth-order valence-corrected chi connectivity index (χ4v) is 10.5. The van der Waals surface area contributed by atoms with Crippen molar-refractivity contribution in [2.75, 3.05) is 0 Å². The van der Waals surface area contributed by atoms with E-state index in [4.69, 9.17) is 15.0 Å². The molecule has 0 saturated carbocycles. The molecule has 0 bridgehead atoms. The maximum absolute atomic E-state index is 4.98. The van der Waals surface area contributed by atoms with E-state index in [2.05, 4.69) is 153 Å². The van der Waals surface area contributed by atoms with Crippen LogP contribution in [0.1, 0.15) is 0 Å². The number of benzene rings is 7. The van der Waals surface area contributed by atoms with Gasteiger partial charge in [0.15, 0.2) is 17.5 Å². The first-order valence-electron chi connectivity index (χ1n) is 17.4. The summed E-state index contributed by atoms with van der Waals surface area (Å²) in [6.45, 7) is 4.94. The van der Waals surface area contributed by atoms with Crippen molar-refractivity contribution in [2.45, 2.75) is 13.1 Å². The fourth-order valence-electron chi connectivity index (χ4n) is 7.44. The van der Waals surface area contributed by atoms with E-state index in [0.29, 0.717) is 17.5 Å². The standard InChI is InChI=1S/C47H35N3Si/c1-51(2)42-18-10-9-16-41(42)44-40(17-11-19-43(44)51)36-26-20-34(21-27-36)35-24-30-39(31-25-35)47-49-45(37-14-7-4-8-15-37)48-46(50-47)38-28-22-33(23-29-38)32-12-5-3-6-13-32/h3-31H,1-2H3. The Labute approximate surface area is 300 Å². The van der Waals surface area contributed by atoms with Crippen LogP contribution >= 0.6 is 0 Å². The average Bonchev–Trinajstić information content (AvgIpc) is 3.45. The molecule has 8 aromatic rings. The van der Waals surface area contributed by atoms with E-state index in [1.165, 1.54) is 43.8 Å². The van der Waals surface area contributed by atoms with Crippen molar-refractivity contribution in [3.05, 3.63) is 176 Å². The molecular formula is C47H35N3Si. The molecule has 51 heavy (non-hydrogen) atoms. The van der Waals surface area contributed by atoms with E-state index in [-0.39, 0.29) is 0 Å². The maximum Gasteiger partial charge on any atom is 0.164 e. The van der Waals surface area contributed by atoms with Crippen molar-refractivity contribution in [3.8, 4) is 78.7 Å². The highest BCUT2D eigenvalue weighted by atomic mass is 28.3. The zero-order valence-electron chi connectivity index (χ0n) is 28.6. The SMILES string of the molecule is C[Si]1(C)c2ccccc2-c2c(-c3ccc(-c4ccc(-c5nc(-c6ccccc6)nc(-c6ccc(-c7ccccc7)cc6)n5)cc4)cc3)cccc21. The Hall–Kier alpha value is -6.23. The molecule has 1 aliphatic heterocycles. The molecule has 0 amide bonds. The van der Waals surface area contributed by atoms with Gasteiger partial charge >= 0.3 is 0 Å². The van der Waals surface area contributed by atoms with Crippen LogP contribution in [0.15, 0.2) is 176 Å². The summed E-state index contributed by atoms with van der Waals surface area (Å²) >= 11 is 0. The smallest absolute Gasteiger partial charge is 0.164 e. The van der Waals surface area contributed by atoms with Crippen molar-refractivity contribution >= 4 is 18.4 Å². The topological polar surface area (TPSA) is 38.7 Å². The van der Waals surface area contributed by atoms with Gasteiger partial charge in [0.25, 0.3) is 0 Å². The predicted octanol–water partition coefficient (Wildman–Crippen LogP) is 10.7. The van der Waals surface area contributed by atoms with E-state index in [0.717, 1.165) is 27.8 Å². The van der Waals surface area contributed by atoms with Crippen LogP contribution in [0, 0.1) is 0 Å². The predicted molar refractivity (Wildman–Crippen MR) is 215 cm³/mol. The lowest BCUT2D eigenvalue weighted by Gasteiger charge is -2.19. The Balaban J connectivity index is 1.03. The number of nitrogens with zero attached hydrogens (tertiary/aromatic N) is 3. The van der Waals surface area contributed by atoms with E-state index < -0.39 is 8.07 Å². The van der Waals surface area contributed by atoms with Gasteiger partial charge in [-0.3, -0.25) is 0 Å². The van der Waals surface area contributed by atoms with E-state index in [1.54, 1.807) is 0 Å². The monoisotopic (exact) mass is 669 g/mol. The summed E-state index contributed by atoms with van der Waals surface area (Å²) in [6, 6.07) is 62.4. The van der Waals surface area contributed by atoms with Gasteiger partial charge in [-0.1, -0.05) is 189 Å². The highest BCUT2D eigenvalue weighted by Crippen LogP contribution is 2.37. The van der Waals surface area contributed by atoms with E-state index in [1.807, 2.05) is 36.4 Å². The Morgan fingerprint density at radius 1 is 0.294 bits per heavy atom. The molecule has 4 heteroatoms. The van der Waals surface area contributed by atoms with Gasteiger partial charge in [-0.2, -0.15) is 0 Å². The normalized spacial score (nSPS) is 12.7. The summed E-state index contributed by atoms with van der Waals surface area (Å²) in [5.74, 6) is 1.96. The Kier molecular flexibility index (Phi) is 7.60. The maximum atomic E-state index is 4.98. The second kappa shape index (κ2) is 12.6. The number of aromatic nitrogens is 3. The number of rotatable bonds is 6. The van der Waals surface area contributed by atoms with Crippen LogP contribution in [-0.4, -0.2) is 23.0 Å². The number of hydrogen-bond acceptors (Lipinski definition) is 3. The van der Waals surface area contributed by atoms with Gasteiger partial charge in [0.1, 0.15) is 8.07 Å². The lowest BCUT2D eigenvalue weighted by atomic mass is 9.93. The highest BCUT2D eigenvalue weighted by molar-refractivity contribution is 7.04. The average molecular weight is 670 g/mol. The third-order valence-corrected chi connectivity index (χ3v) is 13.7. The molecule has 0 spiro atoms. The largest absolute Gasteiger partial charge is 0.208 e. The van der Waals surface area contributed by atoms with Crippen LogP contribution in [0.3, 0.4) is 0 Å². The lowest BCUT2D eigenvalue weighted by Crippen LogP contribution is -2.49. The van der Waals surface area contributed by atoms with Crippen LogP contribution in [0.2, 0.25) is 13.1 Å². The van der Waals surface area contributed by atoms with Crippen LogP contribution in [-0.2, 0) is 0 Å². The molecule has 0 N–H and O–H groups in total. The van der Waals surface area contributed by atoms with Crippen LogP contribution in [0.4, 0.5) is 0 Å². The summed E-state index contributed by atoms with van der Waals surface area (Å²) < 4.78 is 0. The summed E-state index contributed by atoms with van der Waals surface area (Å²) in [6.07, 6.45) is 0. The summed E-state index contributed by atoms with van der Waals surface area (Å²) in [4.78, 5) is 14.9. The quantitative estimate of drug-likeness (QED) is 0.165. The van der Waals surface area contributed by atoms with Gasteiger partial charge in [-0.25, -0.2) is 15.0 Å². The summed E-state index contributed by atoms with van der Waals surface area (Å²) in [7, 11) is -1.72. The van der Waals surface area contributed by atoms with Gasteiger partial charge < -0.3 is 0 Å². The summed E-state index contributed by atoms with van der Waals surface area (Å²) in [5, 5.41) is 3.06. The highest BCUT2D eigenvalue weighted by Gasteiger charge is 2.38. The molecule has 9 rings (SSSR count). The molecule has 0 saturated heterocycles. The van der Waals surface area contributed by atoms with Gasteiger partial charge in [-0.15, -0.1) is 0 Å². The zero-order valence-corrected chi connectivity index (χ0v) is 29.6. The van der Waals surface area contributed by atoms with E-state index in [9.17, 15) is 0 Å². The minimum atomic E-state index is -1.72. The molecule has 0 unspecified atom stereocenters. The van der Waals surface area contributed by atoms with Crippen molar-refractivity contribution in [2.24, 2.45) is 0 Å². The lowest BCUT2D eigenvalue weighted by molar-refractivity contribution is 1.07. The molecule has 0 fully saturated rings. The molecule has 0 aliphatic carbocycles. The molecule has 7 aromatic carbocycles. The number of hydrogen-bond donors (Lipinski definition) is 0. The van der Waals surface area contributed by atoms with Gasteiger partial charge in [-0.05, 0) is 54.9 Å². The Bertz CT molecular complexity index is 2510. The van der Waals surface area contributed by atoms with Gasteiger partial charge in [0, 0.05) is 16.7 Å². The van der Waals surface area contributed by atoms with Crippen molar-refractivity contribution < 1.29 is 0 Å². The molecule has 3 nitrogen and oxygen atoms in total. The van der Waals surface area contributed by atoms with Crippen molar-refractivity contribution in [1.29, 1.82) is 0 Å². The zero-order chi connectivity index (χ0) is 34.4. The Morgan fingerprint density at radius 2 is 0.647 bits per heavy atom. The first-order valence-corrected chi connectivity index (χ1v) is 20.4. The first-order chi connectivity index (χ1) is 25.0. The van der Waals surface area contributed by atoms with Crippen LogP contribution < -0.4 is 10.4 Å². The fraction of sp³-hybridized carbons (Fsp3) is 0.0426. The van der Waals surface area contributed by atoms with Crippen LogP contribution in [0.5, 0.6) is 0 Å². The van der Waals surface area contributed by atoms with Crippen LogP contribution in [0.25, 0.3) is 78.7 Å². The molecule has 0 radical (unpaired) electrons. The minimum Gasteiger partial charge on any atom is -0.208 e. The van der Waals surface area contributed by atoms with Gasteiger partial charge in [0.2, 0.25) is 0 Å². The molecule has 0 atom stereocenters. The first kappa shape index (κ1) is 30.8. The Morgan fingerprint density at radius 3 is 1.18 bits per heavy atom. The molecule has 1 aromatic heterocycles. The second-order valence-corrected chi connectivity index (χ2v) is 18.0. The third kappa shape index (κ3) is 5.60. The summed E-state index contributed by atoms with van der Waals surface area (Å²) in [5.41, 5.74) is 12.9. The van der Waals surface area contributed by atoms with E-state index >= 15 is 0 Å². The molecule has 242 valence electrons. The molecule has 1 aliphatic rings. The van der Waals surface area contributed by atoms with Crippen molar-refractivity contribution in [1.82, 2.24) is 15.0 Å². The van der Waals surface area contributed by atoms with Gasteiger partial charge in [0.05, 0.1) is 0 Å². The minimum absolute atomic E-state index is 0.651. The third-order valence-electron chi connectivity index (χ3n) is 10.2. The molecular weight excluding hydrogens is 635 g/mol. The molecule has 2 heterocycles. The second-order valence-electron chi connectivity index (χ2n) is 13.7.